The fourth-order valence-electron chi connectivity index (χ4n) is 3.81. The molecule has 0 spiro atoms. The van der Waals surface area contributed by atoms with Gasteiger partial charge >= 0.3 is 0 Å². The largest absolute Gasteiger partial charge is 0.480 e. The second-order valence-corrected chi connectivity index (χ2v) is 7.42. The van der Waals surface area contributed by atoms with Crippen molar-refractivity contribution in [2.45, 2.75) is 44.6 Å². The number of benzene rings is 1. The molecule has 2 N–H and O–H groups in total. The lowest BCUT2D eigenvalue weighted by Gasteiger charge is -2.35. The molecular formula is C20H24FN3O3. The first-order chi connectivity index (χ1) is 12.8. The molecule has 2 atom stereocenters. The molecule has 0 radical (unpaired) electrons. The highest BCUT2D eigenvalue weighted by Gasteiger charge is 2.40. The maximum atomic E-state index is 14.6. The highest BCUT2D eigenvalue weighted by Crippen LogP contribution is 2.43. The van der Waals surface area contributed by atoms with Gasteiger partial charge in [0.25, 0.3) is 5.91 Å². The number of carbonyl (C=O) groups excluding carboxylic acids is 1. The zero-order valence-electron chi connectivity index (χ0n) is 15.7. The number of hydrogen-bond donors (Lipinski definition) is 2. The Morgan fingerprint density at radius 2 is 2.07 bits per heavy atom. The summed E-state index contributed by atoms with van der Waals surface area (Å²) in [5.41, 5.74) is 0.523. The molecular weight excluding hydrogens is 349 g/mol. The van der Waals surface area contributed by atoms with Gasteiger partial charge in [-0.15, -0.1) is 0 Å². The van der Waals surface area contributed by atoms with Gasteiger partial charge in [-0.2, -0.15) is 0 Å². The first-order valence-corrected chi connectivity index (χ1v) is 8.98. The lowest BCUT2D eigenvalue weighted by atomic mass is 9.71. The van der Waals surface area contributed by atoms with Crippen molar-refractivity contribution >= 4 is 11.6 Å². The molecule has 1 saturated carbocycles. The van der Waals surface area contributed by atoms with Crippen molar-refractivity contribution < 1.29 is 19.0 Å². The summed E-state index contributed by atoms with van der Waals surface area (Å²) >= 11 is 0. The number of rotatable bonds is 5. The van der Waals surface area contributed by atoms with E-state index in [4.69, 9.17) is 4.74 Å². The molecule has 0 bridgehead atoms. The van der Waals surface area contributed by atoms with Crippen LogP contribution in [-0.4, -0.2) is 34.2 Å². The molecule has 0 saturated heterocycles. The zero-order chi connectivity index (χ0) is 19.6. The number of aliphatic hydroxyl groups excluding tert-OH is 1. The van der Waals surface area contributed by atoms with Gasteiger partial charge in [-0.3, -0.25) is 4.79 Å². The van der Waals surface area contributed by atoms with Crippen molar-refractivity contribution in [3.8, 4) is 5.88 Å². The number of halogens is 1. The fourth-order valence-corrected chi connectivity index (χ4v) is 3.81. The summed E-state index contributed by atoms with van der Waals surface area (Å²) in [6.07, 6.45) is 4.76. The average Bonchev–Trinajstić information content (AvgIpc) is 3.10. The number of nitrogens with zero attached hydrogens (tertiary/aromatic N) is 2. The van der Waals surface area contributed by atoms with Gasteiger partial charge in [0.05, 0.1) is 25.6 Å². The Morgan fingerprint density at radius 3 is 2.67 bits per heavy atom. The maximum Gasteiger partial charge on any atom is 0.275 e. The van der Waals surface area contributed by atoms with Crippen molar-refractivity contribution in [2.24, 2.45) is 5.92 Å². The molecule has 1 aliphatic carbocycles. The number of ether oxygens (including phenoxy) is 1. The van der Waals surface area contributed by atoms with Crippen LogP contribution >= 0.6 is 0 Å². The number of hydrogen-bond acceptors (Lipinski definition) is 5. The molecule has 1 heterocycles. The molecule has 27 heavy (non-hydrogen) atoms. The van der Waals surface area contributed by atoms with Crippen LogP contribution in [0.1, 0.15) is 49.2 Å². The topological polar surface area (TPSA) is 84.3 Å². The fraction of sp³-hybridized carbons (Fsp3) is 0.450. The Bertz CT molecular complexity index is 824. The second kappa shape index (κ2) is 7.60. The van der Waals surface area contributed by atoms with Gasteiger partial charge in [0.15, 0.2) is 0 Å². The van der Waals surface area contributed by atoms with E-state index in [1.165, 1.54) is 31.6 Å². The van der Waals surface area contributed by atoms with E-state index in [1.54, 1.807) is 6.07 Å². The molecule has 7 heteroatoms. The molecule has 1 fully saturated rings. The van der Waals surface area contributed by atoms with Crippen LogP contribution in [0.5, 0.6) is 5.88 Å². The lowest BCUT2D eigenvalue weighted by Crippen LogP contribution is -2.35. The third-order valence-corrected chi connectivity index (χ3v) is 5.39. The van der Waals surface area contributed by atoms with Crippen LogP contribution < -0.4 is 10.1 Å². The SMILES string of the molecule is COc1cnc(C(=O)Nc2ccc(F)c(C(C)(C)C3CCCC3O)c2)cn1. The third kappa shape index (κ3) is 3.93. The quantitative estimate of drug-likeness (QED) is 0.840. The molecule has 3 rings (SSSR count). The van der Waals surface area contributed by atoms with Crippen LogP contribution in [0.3, 0.4) is 0 Å². The van der Waals surface area contributed by atoms with Crippen molar-refractivity contribution in [3.63, 3.8) is 0 Å². The molecule has 1 aromatic carbocycles. The molecule has 1 aromatic heterocycles. The molecule has 1 aliphatic rings. The Morgan fingerprint density at radius 1 is 1.30 bits per heavy atom. The van der Waals surface area contributed by atoms with E-state index in [0.29, 0.717) is 17.1 Å². The second-order valence-electron chi connectivity index (χ2n) is 7.42. The molecule has 1 amide bonds. The Kier molecular flexibility index (Phi) is 5.41. The van der Waals surface area contributed by atoms with E-state index in [1.807, 2.05) is 13.8 Å². The van der Waals surface area contributed by atoms with Gasteiger partial charge in [-0.05, 0) is 47.9 Å². The van der Waals surface area contributed by atoms with Gasteiger partial charge in [-0.25, -0.2) is 14.4 Å². The zero-order valence-corrected chi connectivity index (χ0v) is 15.7. The maximum absolute atomic E-state index is 14.6. The molecule has 144 valence electrons. The van der Waals surface area contributed by atoms with Gasteiger partial charge in [0, 0.05) is 5.69 Å². The predicted octanol–water partition coefficient (Wildman–Crippen LogP) is 3.32. The highest BCUT2D eigenvalue weighted by molar-refractivity contribution is 6.02. The van der Waals surface area contributed by atoms with E-state index in [0.717, 1.165) is 19.3 Å². The number of aliphatic hydroxyl groups is 1. The van der Waals surface area contributed by atoms with Crippen molar-refractivity contribution in [3.05, 3.63) is 47.7 Å². The summed E-state index contributed by atoms with van der Waals surface area (Å²) in [6, 6.07) is 4.48. The van der Waals surface area contributed by atoms with Crippen LogP contribution in [0.2, 0.25) is 0 Å². The first kappa shape index (κ1) is 19.2. The first-order valence-electron chi connectivity index (χ1n) is 8.98. The minimum atomic E-state index is -0.555. The number of methoxy groups -OCH3 is 1. The molecule has 0 aliphatic heterocycles. The summed E-state index contributed by atoms with van der Waals surface area (Å²) in [6.45, 7) is 3.87. The third-order valence-electron chi connectivity index (χ3n) is 5.39. The van der Waals surface area contributed by atoms with Crippen LogP contribution in [-0.2, 0) is 5.41 Å². The summed E-state index contributed by atoms with van der Waals surface area (Å²) in [5.74, 6) is -0.499. The average molecular weight is 373 g/mol. The van der Waals surface area contributed by atoms with Crippen LogP contribution in [0, 0.1) is 11.7 Å². The lowest BCUT2D eigenvalue weighted by molar-refractivity contribution is 0.0916. The predicted molar refractivity (Wildman–Crippen MR) is 99.3 cm³/mol. The number of carbonyl (C=O) groups is 1. The number of amides is 1. The summed E-state index contributed by atoms with van der Waals surface area (Å²) < 4.78 is 19.5. The molecule has 2 unspecified atom stereocenters. The van der Waals surface area contributed by atoms with E-state index in [-0.39, 0.29) is 17.4 Å². The standard InChI is InChI=1S/C20H24FN3O3/c1-20(2,13-5-4-6-17(13)25)14-9-12(7-8-15(14)21)24-19(26)16-10-23-18(27-3)11-22-16/h7-11,13,17,25H,4-6H2,1-3H3,(H,24,26). The Balaban J connectivity index is 1.83. The smallest absolute Gasteiger partial charge is 0.275 e. The monoisotopic (exact) mass is 373 g/mol. The summed E-state index contributed by atoms with van der Waals surface area (Å²) in [4.78, 5) is 20.3. The Hall–Kier alpha value is -2.54. The van der Waals surface area contributed by atoms with Gasteiger partial charge in [0.2, 0.25) is 5.88 Å². The van der Waals surface area contributed by atoms with Gasteiger partial charge < -0.3 is 15.2 Å². The highest BCUT2D eigenvalue weighted by atomic mass is 19.1. The molecule has 2 aromatic rings. The van der Waals surface area contributed by atoms with E-state index in [2.05, 4.69) is 15.3 Å². The van der Waals surface area contributed by atoms with Gasteiger partial charge in [-0.1, -0.05) is 20.3 Å². The van der Waals surface area contributed by atoms with Crippen LogP contribution in [0.25, 0.3) is 0 Å². The van der Waals surface area contributed by atoms with Crippen LogP contribution in [0.4, 0.5) is 10.1 Å². The number of aromatic nitrogens is 2. The molecule has 6 nitrogen and oxygen atoms in total. The number of nitrogens with one attached hydrogen (secondary N) is 1. The van der Waals surface area contributed by atoms with E-state index >= 15 is 0 Å². The van der Waals surface area contributed by atoms with Crippen molar-refractivity contribution in [2.75, 3.05) is 12.4 Å². The minimum Gasteiger partial charge on any atom is -0.480 e. The summed E-state index contributed by atoms with van der Waals surface area (Å²) in [5, 5.41) is 13.0. The van der Waals surface area contributed by atoms with Gasteiger partial charge in [0.1, 0.15) is 11.5 Å². The number of anilines is 1. The summed E-state index contributed by atoms with van der Waals surface area (Å²) in [7, 11) is 1.47. The van der Waals surface area contributed by atoms with Crippen LogP contribution in [0.15, 0.2) is 30.6 Å². The van der Waals surface area contributed by atoms with Crippen molar-refractivity contribution in [1.29, 1.82) is 0 Å². The van der Waals surface area contributed by atoms with E-state index in [9.17, 15) is 14.3 Å². The minimum absolute atomic E-state index is 0.0228. The normalized spacial score (nSPS) is 19.7. The Labute approximate surface area is 157 Å². The van der Waals surface area contributed by atoms with Crippen molar-refractivity contribution in [1.82, 2.24) is 9.97 Å². The van der Waals surface area contributed by atoms with E-state index < -0.39 is 17.4 Å².